The quantitative estimate of drug-likeness (QED) is 0.0838. The Morgan fingerprint density at radius 2 is 0.895 bits per heavy atom. The average molecular weight is 1150 g/mol. The third-order valence-electron chi connectivity index (χ3n) is 10.5. The van der Waals surface area contributed by atoms with Crippen molar-refractivity contribution < 1.29 is 43.9 Å². The molecular formula is C55H41BrCl2F10N8. The number of hydrogen-bond acceptors (Lipinski definition) is 5. The second-order valence-corrected chi connectivity index (χ2v) is 17.1. The normalized spacial score (nSPS) is 10.5. The molecule has 76 heavy (non-hydrogen) atoms. The zero-order valence-electron chi connectivity index (χ0n) is 38.4. The summed E-state index contributed by atoms with van der Waals surface area (Å²) in [5.41, 5.74) is 12.5. The van der Waals surface area contributed by atoms with E-state index in [9.17, 15) is 43.9 Å². The van der Waals surface area contributed by atoms with E-state index in [0.717, 1.165) is 81.7 Å². The molecule has 0 atom stereocenters. The summed E-state index contributed by atoms with van der Waals surface area (Å²) in [6.07, 6.45) is 0. The summed E-state index contributed by atoms with van der Waals surface area (Å²) >= 11 is 14.8. The number of hydrogen-bond donors (Lipinski definition) is 3. The van der Waals surface area contributed by atoms with Gasteiger partial charge in [-0.2, -0.15) is 0 Å². The van der Waals surface area contributed by atoms with E-state index in [-0.39, 0.29) is 19.7 Å². The van der Waals surface area contributed by atoms with Crippen molar-refractivity contribution in [1.82, 2.24) is 29.1 Å². The Kier molecular flexibility index (Phi) is 20.1. The van der Waals surface area contributed by atoms with Crippen LogP contribution in [0.4, 0.5) is 61.2 Å². The van der Waals surface area contributed by atoms with E-state index in [1.54, 1.807) is 15.2 Å². The summed E-state index contributed by atoms with van der Waals surface area (Å²) in [5, 5.41) is 4.27. The molecule has 0 amide bonds. The number of nitrogen functional groups attached to an aromatic ring is 1. The molecule has 0 saturated carbocycles. The summed E-state index contributed by atoms with van der Waals surface area (Å²) < 4.78 is 132. The number of nitrogens with one attached hydrogen (secondary N) is 2. The number of anilines is 3. The summed E-state index contributed by atoms with van der Waals surface area (Å²) in [7, 11) is 0. The first-order valence-corrected chi connectivity index (χ1v) is 23.8. The Balaban J connectivity index is 0.000000166. The maximum Gasteiger partial charge on any atom is 0.208 e. The molecule has 0 aliphatic rings. The SMILES string of the molecule is C.Clc1nc2ccccc2[nH]1.Fc1ccc(CBr)cc1F.Fc1ccc(Cn2c(Cl)nc3ccccc32)cc1F.Fc1ccc(Cn2c(Nc3ccc(F)c(F)c3)nc3ccccc32)cc1F.Nc1ccc(F)c(F)c1. The molecule has 0 bridgehead atoms. The number of imidazole rings is 3. The number of alkyl halides is 1. The van der Waals surface area contributed by atoms with Gasteiger partial charge in [0.1, 0.15) is 0 Å². The van der Waals surface area contributed by atoms with Gasteiger partial charge >= 0.3 is 0 Å². The molecule has 0 aliphatic carbocycles. The first-order chi connectivity index (χ1) is 36.0. The van der Waals surface area contributed by atoms with Crippen LogP contribution in [0.15, 0.2) is 164 Å². The van der Waals surface area contributed by atoms with E-state index in [0.29, 0.717) is 50.7 Å². The highest BCUT2D eigenvalue weighted by molar-refractivity contribution is 9.08. The molecule has 8 nitrogen and oxygen atoms in total. The monoisotopic (exact) mass is 1150 g/mol. The van der Waals surface area contributed by atoms with Gasteiger partial charge < -0.3 is 25.2 Å². The minimum Gasteiger partial charge on any atom is -0.399 e. The molecule has 11 rings (SSSR count). The fraction of sp³-hybridized carbons (Fsp3) is 0.0727. The van der Waals surface area contributed by atoms with Gasteiger partial charge in [-0.25, -0.2) is 58.9 Å². The van der Waals surface area contributed by atoms with Gasteiger partial charge in [-0.3, -0.25) is 0 Å². The number of rotatable bonds is 7. The second kappa shape index (κ2) is 26.6. The molecule has 0 spiro atoms. The molecule has 11 aromatic rings. The number of aromatic nitrogens is 6. The Labute approximate surface area is 446 Å². The molecule has 0 fully saturated rings. The summed E-state index contributed by atoms with van der Waals surface area (Å²) in [6.45, 7) is 0.556. The Hall–Kier alpha value is -7.87. The van der Waals surface area contributed by atoms with Crippen LogP contribution in [-0.4, -0.2) is 29.1 Å². The standard InChI is InChI=1S/C20H13F4N3.C14H9ClF2N2.C7H5BrF2.C7H5ClN2.C6H5F2N.CH4/c21-14-7-5-12(9-16(14)23)11-27-19-4-2-1-3-18(19)26-20(27)25-13-6-8-15(22)17(24)10-13;15-14-18-12-3-1-2-4-13(12)19(14)8-9-5-6-10(16)11(17)7-9;8-4-5-1-2-6(9)7(10)3-5;8-7-9-5-3-1-2-4-6(5)10-7;7-5-2-1-4(9)3-6(5)8;/h1-10H,11H2,(H,25,26);1-7H,8H2;1-3H,4H2;1-4H,(H,9,10);1-3H,9H2;1H4. The van der Waals surface area contributed by atoms with Crippen molar-refractivity contribution in [1.29, 1.82) is 0 Å². The first-order valence-electron chi connectivity index (χ1n) is 21.9. The summed E-state index contributed by atoms with van der Waals surface area (Å²) in [5.74, 6) is -8.52. The third kappa shape index (κ3) is 15.1. The van der Waals surface area contributed by atoms with Crippen LogP contribution in [0.5, 0.6) is 0 Å². The van der Waals surface area contributed by atoms with Crippen LogP contribution < -0.4 is 11.1 Å². The minimum absolute atomic E-state index is 0. The molecule has 4 N–H and O–H groups in total. The lowest BCUT2D eigenvalue weighted by atomic mass is 10.2. The highest BCUT2D eigenvalue weighted by atomic mass is 79.9. The fourth-order valence-corrected chi connectivity index (χ4v) is 7.71. The van der Waals surface area contributed by atoms with E-state index in [1.165, 1.54) is 42.5 Å². The van der Waals surface area contributed by atoms with Crippen LogP contribution in [0.25, 0.3) is 33.1 Å². The Morgan fingerprint density at radius 3 is 1.41 bits per heavy atom. The van der Waals surface area contributed by atoms with Crippen LogP contribution in [0.2, 0.25) is 10.6 Å². The Bertz CT molecular complexity index is 3710. The third-order valence-corrected chi connectivity index (χ3v) is 11.6. The van der Waals surface area contributed by atoms with E-state index in [4.69, 9.17) is 28.9 Å². The van der Waals surface area contributed by atoms with Crippen LogP contribution in [0, 0.1) is 58.2 Å². The zero-order chi connectivity index (χ0) is 53.8. The van der Waals surface area contributed by atoms with Crippen LogP contribution in [0.3, 0.4) is 0 Å². The van der Waals surface area contributed by atoms with E-state index in [2.05, 4.69) is 41.2 Å². The van der Waals surface area contributed by atoms with Crippen LogP contribution in [-0.2, 0) is 18.4 Å². The van der Waals surface area contributed by atoms with Crippen molar-refractivity contribution in [2.45, 2.75) is 25.8 Å². The lowest BCUT2D eigenvalue weighted by molar-refractivity contribution is 0.506. The van der Waals surface area contributed by atoms with Crippen molar-refractivity contribution in [3.05, 3.63) is 249 Å². The highest BCUT2D eigenvalue weighted by Gasteiger charge is 2.15. The minimum atomic E-state index is -0.983. The van der Waals surface area contributed by atoms with Gasteiger partial charge in [-0.15, -0.1) is 0 Å². The maximum atomic E-state index is 13.6. The van der Waals surface area contributed by atoms with E-state index in [1.807, 2.05) is 66.7 Å². The van der Waals surface area contributed by atoms with Crippen molar-refractivity contribution >= 4 is 89.6 Å². The largest absolute Gasteiger partial charge is 0.399 e. The second-order valence-electron chi connectivity index (χ2n) is 15.8. The number of benzene rings is 8. The number of halogens is 13. The number of H-pyrrole nitrogens is 1. The number of nitrogens with two attached hydrogens (primary N) is 1. The van der Waals surface area contributed by atoms with Crippen LogP contribution >= 0.6 is 39.1 Å². The van der Waals surface area contributed by atoms with E-state index < -0.39 is 58.2 Å². The van der Waals surface area contributed by atoms with Crippen molar-refractivity contribution in [3.8, 4) is 0 Å². The lowest BCUT2D eigenvalue weighted by Gasteiger charge is -2.11. The molecule has 0 saturated heterocycles. The first kappa shape index (κ1) is 57.4. The van der Waals surface area contributed by atoms with E-state index >= 15 is 0 Å². The van der Waals surface area contributed by atoms with Gasteiger partial charge in [0, 0.05) is 22.8 Å². The van der Waals surface area contributed by atoms with Gasteiger partial charge in [0.15, 0.2) is 58.2 Å². The summed E-state index contributed by atoms with van der Waals surface area (Å²) in [4.78, 5) is 15.6. The van der Waals surface area contributed by atoms with Gasteiger partial charge in [-0.1, -0.05) is 78.0 Å². The molecule has 0 aliphatic heterocycles. The number of nitrogens with zero attached hydrogens (tertiary/aromatic N) is 5. The molecule has 8 aromatic carbocycles. The lowest BCUT2D eigenvalue weighted by Crippen LogP contribution is -2.06. The molecule has 3 aromatic heterocycles. The molecule has 0 unspecified atom stereocenters. The average Bonchev–Trinajstić information content (AvgIpc) is 4.06. The molecule has 21 heteroatoms. The van der Waals surface area contributed by atoms with Gasteiger partial charge in [0.05, 0.1) is 46.2 Å². The van der Waals surface area contributed by atoms with Crippen molar-refractivity contribution in [2.24, 2.45) is 0 Å². The molecule has 3 heterocycles. The van der Waals surface area contributed by atoms with Gasteiger partial charge in [-0.05, 0) is 143 Å². The zero-order valence-corrected chi connectivity index (χ0v) is 41.5. The van der Waals surface area contributed by atoms with Gasteiger partial charge in [0.25, 0.3) is 0 Å². The Morgan fingerprint density at radius 1 is 0.461 bits per heavy atom. The molecular weight excluding hydrogens is 1110 g/mol. The molecule has 0 radical (unpaired) electrons. The fourth-order valence-electron chi connectivity index (χ4n) is 6.93. The summed E-state index contributed by atoms with van der Waals surface area (Å²) in [6, 6.07) is 40.4. The topological polar surface area (TPSA) is 102 Å². The van der Waals surface area contributed by atoms with Crippen molar-refractivity contribution in [2.75, 3.05) is 11.1 Å². The smallest absolute Gasteiger partial charge is 0.208 e. The number of fused-ring (bicyclic) bond motifs is 3. The predicted octanol–water partition coefficient (Wildman–Crippen LogP) is 16.7. The molecule has 392 valence electrons. The van der Waals surface area contributed by atoms with Crippen molar-refractivity contribution in [3.63, 3.8) is 0 Å². The number of aromatic amines is 1. The van der Waals surface area contributed by atoms with Crippen LogP contribution in [0.1, 0.15) is 24.1 Å². The number of para-hydroxylation sites is 6. The predicted molar refractivity (Wildman–Crippen MR) is 283 cm³/mol. The highest BCUT2D eigenvalue weighted by Crippen LogP contribution is 2.26. The maximum absolute atomic E-state index is 13.6. The van der Waals surface area contributed by atoms with Gasteiger partial charge in [0.2, 0.25) is 16.5 Å².